The smallest absolute Gasteiger partial charge is 0.251 e. The van der Waals surface area contributed by atoms with Crippen LogP contribution >= 0.6 is 0 Å². The second kappa shape index (κ2) is 28.5. The van der Waals surface area contributed by atoms with Crippen molar-refractivity contribution in [1.82, 2.24) is 5.32 Å². The zero-order valence-electron chi connectivity index (χ0n) is 16.7. The fourth-order valence-electron chi connectivity index (χ4n) is 0.844. The molecule has 0 saturated carbocycles. The van der Waals surface area contributed by atoms with Gasteiger partial charge in [-0.15, -0.1) is 0 Å². The summed E-state index contributed by atoms with van der Waals surface area (Å²) >= 11 is 0. The molecule has 26 heavy (non-hydrogen) atoms. The van der Waals surface area contributed by atoms with Crippen LogP contribution in [-0.2, 0) is 4.79 Å². The standard InChI is InChI=1S/C9H9NO3.3C4H9.Ge/c11-8(12)6-10-9(13)7-4-2-1-3-5-7;3*1-3-4-2;/h1-5H,6H2,(H,10,13)(H,11,12);3*1,3-4H2,2H3;/q;3*-1;/p-1. The molecule has 0 unspecified atom stereocenters. The number of aliphatic carboxylic acids is 1. The van der Waals surface area contributed by atoms with E-state index in [0.29, 0.717) is 5.56 Å². The third kappa shape index (κ3) is 30.6. The molecule has 0 heterocycles. The zero-order valence-corrected chi connectivity index (χ0v) is 18.8. The number of hydrogen-bond acceptors (Lipinski definition) is 3. The van der Waals surface area contributed by atoms with Crippen LogP contribution in [0, 0.1) is 20.8 Å². The van der Waals surface area contributed by atoms with E-state index in [4.69, 9.17) is 0 Å². The summed E-state index contributed by atoms with van der Waals surface area (Å²) in [7, 11) is 0. The Morgan fingerprint density at radius 3 is 1.50 bits per heavy atom. The van der Waals surface area contributed by atoms with E-state index in [2.05, 4.69) is 46.9 Å². The molecule has 1 aromatic carbocycles. The Morgan fingerprint density at radius 2 is 1.23 bits per heavy atom. The SMILES string of the molecule is O=C([O-])CNC(=O)c1ccccc1.[CH2-]CCC.[CH2-]CCC.[CH2-]CCC.[Ge]. The molecule has 0 aliphatic rings. The molecular weight excluding hydrogens is 387 g/mol. The normalized spacial score (nSPS) is 8.08. The number of carbonyl (C=O) groups excluding carboxylic acids is 2. The molecule has 1 amide bonds. The number of rotatable bonds is 6. The molecule has 5 heteroatoms. The molecule has 1 N–H and O–H groups in total. The fourth-order valence-corrected chi connectivity index (χ4v) is 0.844. The first-order valence-corrected chi connectivity index (χ1v) is 8.85. The number of nitrogens with one attached hydrogen (secondary N) is 1. The Labute approximate surface area is 172 Å². The Kier molecular flexibility index (Phi) is 35.5. The van der Waals surface area contributed by atoms with E-state index in [1.54, 1.807) is 30.3 Å². The molecule has 0 fully saturated rings. The number of carbonyl (C=O) groups is 2. The van der Waals surface area contributed by atoms with Gasteiger partial charge >= 0.3 is 0 Å². The maximum absolute atomic E-state index is 11.1. The van der Waals surface area contributed by atoms with Crippen LogP contribution < -0.4 is 10.4 Å². The van der Waals surface area contributed by atoms with Gasteiger partial charge < -0.3 is 36.0 Å². The predicted molar refractivity (Wildman–Crippen MR) is 110 cm³/mol. The van der Waals surface area contributed by atoms with E-state index >= 15 is 0 Å². The summed E-state index contributed by atoms with van der Waals surface area (Å²) in [5.74, 6) is -1.71. The van der Waals surface area contributed by atoms with E-state index in [9.17, 15) is 14.7 Å². The topological polar surface area (TPSA) is 69.2 Å². The van der Waals surface area contributed by atoms with E-state index in [1.165, 1.54) is 19.3 Å². The molecule has 0 aromatic heterocycles. The zero-order chi connectivity index (χ0) is 19.9. The molecule has 0 aliphatic carbocycles. The third-order valence-corrected chi connectivity index (χ3v) is 2.49. The Morgan fingerprint density at radius 1 is 0.885 bits per heavy atom. The number of carboxylic acids is 1. The maximum Gasteiger partial charge on any atom is 0.251 e. The average Bonchev–Trinajstić information content (AvgIpc) is 2.67. The number of amides is 1. The van der Waals surface area contributed by atoms with Crippen molar-refractivity contribution in [2.24, 2.45) is 0 Å². The van der Waals surface area contributed by atoms with Gasteiger partial charge in [0.1, 0.15) is 0 Å². The Hall–Kier alpha value is -1.30. The summed E-state index contributed by atoms with van der Waals surface area (Å²) < 4.78 is 0. The molecule has 0 bridgehead atoms. The fraction of sp³-hybridized carbons (Fsp3) is 0.476. The van der Waals surface area contributed by atoms with Crippen molar-refractivity contribution < 1.29 is 14.7 Å². The molecule has 1 aromatic rings. The van der Waals surface area contributed by atoms with Crippen LogP contribution in [-0.4, -0.2) is 36.0 Å². The van der Waals surface area contributed by atoms with E-state index in [1.807, 2.05) is 0 Å². The number of carboxylic acid groups (broad SMARTS) is 1. The maximum atomic E-state index is 11.1. The molecule has 0 spiro atoms. The van der Waals surface area contributed by atoms with Crippen LogP contribution in [0.2, 0.25) is 0 Å². The summed E-state index contributed by atoms with van der Waals surface area (Å²) in [4.78, 5) is 21.2. The molecule has 4 radical (unpaired) electrons. The monoisotopic (exact) mass is 423 g/mol. The van der Waals surface area contributed by atoms with E-state index in [0.717, 1.165) is 19.3 Å². The third-order valence-electron chi connectivity index (χ3n) is 2.49. The number of unbranched alkanes of at least 4 members (excludes halogenated alkanes) is 3. The second-order valence-corrected chi connectivity index (χ2v) is 4.98. The summed E-state index contributed by atoms with van der Waals surface area (Å²) in [6.45, 7) is 16.7. The van der Waals surface area contributed by atoms with Crippen LogP contribution in [0.3, 0.4) is 0 Å². The van der Waals surface area contributed by atoms with Gasteiger partial charge in [-0.1, -0.05) is 58.2 Å². The van der Waals surface area contributed by atoms with Crippen LogP contribution in [0.25, 0.3) is 0 Å². The Balaban J connectivity index is -0.000000155. The first-order valence-electron chi connectivity index (χ1n) is 8.85. The van der Waals surface area contributed by atoms with Crippen molar-refractivity contribution >= 4 is 29.5 Å². The quantitative estimate of drug-likeness (QED) is 0.562. The molecule has 0 saturated heterocycles. The number of hydrogen-bond donors (Lipinski definition) is 1. The van der Waals surface area contributed by atoms with E-state index in [-0.39, 0.29) is 17.6 Å². The minimum Gasteiger partial charge on any atom is -0.548 e. The van der Waals surface area contributed by atoms with Crippen LogP contribution in [0.4, 0.5) is 0 Å². The second-order valence-electron chi connectivity index (χ2n) is 4.98. The average molecular weight is 422 g/mol. The van der Waals surface area contributed by atoms with Crippen molar-refractivity contribution in [2.45, 2.75) is 59.3 Å². The van der Waals surface area contributed by atoms with Gasteiger partial charge in [0.05, 0.1) is 12.5 Å². The molecule has 1 rings (SSSR count). The van der Waals surface area contributed by atoms with Gasteiger partial charge in [-0.05, 0) is 12.1 Å². The van der Waals surface area contributed by atoms with Crippen LogP contribution in [0.1, 0.15) is 69.7 Å². The minimum absolute atomic E-state index is 0. The van der Waals surface area contributed by atoms with Gasteiger partial charge in [-0.3, -0.25) is 4.79 Å². The predicted octanol–water partition coefficient (Wildman–Crippen LogP) is 3.65. The van der Waals surface area contributed by atoms with Crippen molar-refractivity contribution in [3.8, 4) is 0 Å². The van der Waals surface area contributed by atoms with E-state index < -0.39 is 18.4 Å². The first-order chi connectivity index (χ1) is 11.9. The van der Waals surface area contributed by atoms with Gasteiger partial charge in [0, 0.05) is 23.2 Å². The van der Waals surface area contributed by atoms with Crippen molar-refractivity contribution in [3.63, 3.8) is 0 Å². The van der Waals surface area contributed by atoms with Crippen LogP contribution in [0.15, 0.2) is 30.3 Å². The molecule has 0 atom stereocenters. The van der Waals surface area contributed by atoms with Crippen molar-refractivity contribution in [2.75, 3.05) is 6.54 Å². The van der Waals surface area contributed by atoms with Crippen LogP contribution in [0.5, 0.6) is 0 Å². The first kappa shape index (κ1) is 32.4. The summed E-state index contributed by atoms with van der Waals surface area (Å²) in [6, 6.07) is 8.38. The largest absolute Gasteiger partial charge is 0.548 e. The van der Waals surface area contributed by atoms with Crippen molar-refractivity contribution in [1.29, 1.82) is 0 Å². The number of benzene rings is 1. The molecular formula is C21H35GeNO3-4. The van der Waals surface area contributed by atoms with Gasteiger partial charge in [0.15, 0.2) is 0 Å². The van der Waals surface area contributed by atoms with Gasteiger partial charge in [0.25, 0.3) is 5.91 Å². The van der Waals surface area contributed by atoms with Crippen molar-refractivity contribution in [3.05, 3.63) is 56.7 Å². The minimum atomic E-state index is -1.30. The molecule has 4 nitrogen and oxygen atoms in total. The molecule has 0 aliphatic heterocycles. The summed E-state index contributed by atoms with van der Waals surface area (Å²) in [6.07, 6.45) is 6.83. The summed E-state index contributed by atoms with van der Waals surface area (Å²) in [5.41, 5.74) is 0.434. The summed E-state index contributed by atoms with van der Waals surface area (Å²) in [5, 5.41) is 12.2. The van der Waals surface area contributed by atoms with Gasteiger partial charge in [-0.2, -0.15) is 19.3 Å². The van der Waals surface area contributed by atoms with Gasteiger partial charge in [-0.25, -0.2) is 0 Å². The molecule has 150 valence electrons. The Bertz CT molecular complexity index is 382. The van der Waals surface area contributed by atoms with Gasteiger partial charge in [0.2, 0.25) is 0 Å².